The third kappa shape index (κ3) is 5.58. The molecule has 1 aromatic heterocycles. The van der Waals surface area contributed by atoms with Gasteiger partial charge in [-0.3, -0.25) is 9.52 Å². The van der Waals surface area contributed by atoms with Crippen molar-refractivity contribution in [1.82, 2.24) is 5.16 Å². The lowest BCUT2D eigenvalue weighted by molar-refractivity contribution is -0.116. The molecule has 0 spiro atoms. The molecule has 3 aromatic rings. The van der Waals surface area contributed by atoms with Gasteiger partial charge in [0.1, 0.15) is 11.5 Å². The summed E-state index contributed by atoms with van der Waals surface area (Å²) in [6, 6.07) is 14.9. The number of benzene rings is 2. The van der Waals surface area contributed by atoms with Crippen molar-refractivity contribution >= 4 is 27.4 Å². The van der Waals surface area contributed by atoms with Gasteiger partial charge in [0.05, 0.1) is 12.0 Å². The highest BCUT2D eigenvalue weighted by molar-refractivity contribution is 7.92. The van der Waals surface area contributed by atoms with Crippen molar-refractivity contribution < 1.29 is 22.5 Å². The molecule has 8 nitrogen and oxygen atoms in total. The van der Waals surface area contributed by atoms with Gasteiger partial charge in [-0.2, -0.15) is 0 Å². The lowest BCUT2D eigenvalue weighted by atomic mass is 10.1. The Morgan fingerprint density at radius 3 is 2.38 bits per heavy atom. The Kier molecular flexibility index (Phi) is 6.18. The summed E-state index contributed by atoms with van der Waals surface area (Å²) >= 11 is 0. The molecule has 0 bridgehead atoms. The molecule has 0 aliphatic heterocycles. The van der Waals surface area contributed by atoms with Crippen LogP contribution in [-0.2, 0) is 21.2 Å². The topological polar surface area (TPSA) is 111 Å². The van der Waals surface area contributed by atoms with Crippen LogP contribution in [0.3, 0.4) is 0 Å². The average Bonchev–Trinajstić information content (AvgIpc) is 3.11. The van der Waals surface area contributed by atoms with Crippen LogP contribution in [0.2, 0.25) is 0 Å². The molecule has 2 N–H and O–H groups in total. The molecule has 0 aliphatic carbocycles. The fourth-order valence-electron chi connectivity index (χ4n) is 2.60. The number of hydrogen-bond donors (Lipinski definition) is 2. The van der Waals surface area contributed by atoms with Gasteiger partial charge in [-0.05, 0) is 55.3 Å². The van der Waals surface area contributed by atoms with Gasteiger partial charge in [-0.1, -0.05) is 17.3 Å². The molecule has 0 saturated heterocycles. The van der Waals surface area contributed by atoms with E-state index in [0.29, 0.717) is 24.3 Å². The second kappa shape index (κ2) is 8.78. The third-order valence-electron chi connectivity index (χ3n) is 4.12. The highest BCUT2D eigenvalue weighted by Gasteiger charge is 2.16. The molecule has 0 saturated carbocycles. The molecule has 152 valence electrons. The number of anilines is 2. The molecular formula is C20H21N3O5S. The zero-order valence-corrected chi connectivity index (χ0v) is 16.8. The molecule has 0 aliphatic rings. The van der Waals surface area contributed by atoms with Crippen LogP contribution >= 0.6 is 0 Å². The number of methoxy groups -OCH3 is 1. The summed E-state index contributed by atoms with van der Waals surface area (Å²) in [7, 11) is -2.19. The van der Waals surface area contributed by atoms with E-state index in [1.54, 1.807) is 14.0 Å². The summed E-state index contributed by atoms with van der Waals surface area (Å²) in [5.41, 5.74) is 1.54. The molecule has 1 heterocycles. The minimum atomic E-state index is -3.79. The van der Waals surface area contributed by atoms with Crippen molar-refractivity contribution in [2.45, 2.75) is 24.7 Å². The lowest BCUT2D eigenvalue weighted by Crippen LogP contribution is -2.14. The first-order valence-corrected chi connectivity index (χ1v) is 10.3. The molecule has 0 atom stereocenters. The summed E-state index contributed by atoms with van der Waals surface area (Å²) in [5, 5.41) is 6.37. The van der Waals surface area contributed by atoms with E-state index in [4.69, 9.17) is 9.26 Å². The van der Waals surface area contributed by atoms with Crippen molar-refractivity contribution in [2.24, 2.45) is 0 Å². The van der Waals surface area contributed by atoms with Crippen LogP contribution in [0, 0.1) is 6.92 Å². The van der Waals surface area contributed by atoms with E-state index in [1.165, 1.54) is 30.3 Å². The number of ether oxygens (including phenoxy) is 1. The number of nitrogens with one attached hydrogen (secondary N) is 2. The lowest BCUT2D eigenvalue weighted by Gasteiger charge is -2.08. The standard InChI is InChI=1S/C20H21N3O5S/c1-14-13-19(22-28-14)23-29(25,26)18-10-6-16(7-11-18)21-20(24)12-5-15-3-8-17(27-2)9-4-15/h3-4,6-11,13H,5,12H2,1-2H3,(H,21,24)(H,22,23). The first-order valence-electron chi connectivity index (χ1n) is 8.85. The Morgan fingerprint density at radius 1 is 1.10 bits per heavy atom. The summed E-state index contributed by atoms with van der Waals surface area (Å²) in [5.74, 6) is 1.21. The van der Waals surface area contributed by atoms with E-state index < -0.39 is 10.0 Å². The Labute approximate surface area is 168 Å². The fourth-order valence-corrected chi connectivity index (χ4v) is 3.59. The monoisotopic (exact) mass is 415 g/mol. The van der Waals surface area contributed by atoms with Crippen molar-refractivity contribution in [2.75, 3.05) is 17.1 Å². The van der Waals surface area contributed by atoms with E-state index in [-0.39, 0.29) is 16.6 Å². The van der Waals surface area contributed by atoms with Gasteiger partial charge < -0.3 is 14.6 Å². The van der Waals surface area contributed by atoms with E-state index in [0.717, 1.165) is 11.3 Å². The Balaban J connectivity index is 1.55. The van der Waals surface area contributed by atoms with E-state index >= 15 is 0 Å². The van der Waals surface area contributed by atoms with Crippen LogP contribution in [-0.4, -0.2) is 26.6 Å². The van der Waals surface area contributed by atoms with Crippen molar-refractivity contribution in [1.29, 1.82) is 0 Å². The van der Waals surface area contributed by atoms with Crippen LogP contribution in [0.5, 0.6) is 5.75 Å². The van der Waals surface area contributed by atoms with Crippen LogP contribution in [0.4, 0.5) is 11.5 Å². The average molecular weight is 415 g/mol. The van der Waals surface area contributed by atoms with Crippen molar-refractivity contribution in [3.8, 4) is 5.75 Å². The Bertz CT molecular complexity index is 1070. The number of aryl methyl sites for hydroxylation is 2. The number of carbonyl (C=O) groups is 1. The van der Waals surface area contributed by atoms with Gasteiger partial charge in [0.15, 0.2) is 5.82 Å². The predicted molar refractivity (Wildman–Crippen MR) is 108 cm³/mol. The first-order chi connectivity index (χ1) is 13.9. The molecule has 3 rings (SSSR count). The molecule has 0 unspecified atom stereocenters. The van der Waals surface area contributed by atoms with Crippen LogP contribution in [0.15, 0.2) is 64.0 Å². The largest absolute Gasteiger partial charge is 0.497 e. The van der Waals surface area contributed by atoms with Gasteiger partial charge in [0, 0.05) is 18.2 Å². The SMILES string of the molecule is COc1ccc(CCC(=O)Nc2ccc(S(=O)(=O)Nc3cc(C)on3)cc2)cc1. The van der Waals surface area contributed by atoms with Gasteiger partial charge in [0.25, 0.3) is 10.0 Å². The zero-order valence-electron chi connectivity index (χ0n) is 16.0. The number of aromatic nitrogens is 1. The van der Waals surface area contributed by atoms with Gasteiger partial charge in [-0.15, -0.1) is 0 Å². The fraction of sp³-hybridized carbons (Fsp3) is 0.200. The Hall–Kier alpha value is -3.33. The van der Waals surface area contributed by atoms with Crippen molar-refractivity contribution in [3.05, 3.63) is 65.9 Å². The second-order valence-electron chi connectivity index (χ2n) is 6.35. The number of amides is 1. The van der Waals surface area contributed by atoms with E-state index in [1.807, 2.05) is 24.3 Å². The smallest absolute Gasteiger partial charge is 0.263 e. The molecular weight excluding hydrogens is 394 g/mol. The summed E-state index contributed by atoms with van der Waals surface area (Å²) in [4.78, 5) is 12.2. The van der Waals surface area contributed by atoms with E-state index in [2.05, 4.69) is 15.2 Å². The maximum atomic E-state index is 12.4. The first kappa shape index (κ1) is 20.4. The maximum Gasteiger partial charge on any atom is 0.263 e. The molecule has 1 amide bonds. The number of sulfonamides is 1. The normalized spacial score (nSPS) is 11.1. The van der Waals surface area contributed by atoms with Crippen LogP contribution in [0.1, 0.15) is 17.7 Å². The summed E-state index contributed by atoms with van der Waals surface area (Å²) < 4.78 is 37.0. The zero-order chi connectivity index (χ0) is 20.9. The summed E-state index contributed by atoms with van der Waals surface area (Å²) in [6.45, 7) is 1.66. The molecule has 0 radical (unpaired) electrons. The quantitative estimate of drug-likeness (QED) is 0.584. The van der Waals surface area contributed by atoms with Gasteiger partial charge in [0.2, 0.25) is 5.91 Å². The third-order valence-corrected chi connectivity index (χ3v) is 5.49. The highest BCUT2D eigenvalue weighted by Crippen LogP contribution is 2.19. The highest BCUT2D eigenvalue weighted by atomic mass is 32.2. The predicted octanol–water partition coefficient (Wildman–Crippen LogP) is 3.36. The number of rotatable bonds is 8. The van der Waals surface area contributed by atoms with Crippen LogP contribution in [0.25, 0.3) is 0 Å². The van der Waals surface area contributed by atoms with E-state index in [9.17, 15) is 13.2 Å². The van der Waals surface area contributed by atoms with Gasteiger partial charge in [-0.25, -0.2) is 8.42 Å². The minimum absolute atomic E-state index is 0.0504. The number of nitrogens with zero attached hydrogens (tertiary/aromatic N) is 1. The minimum Gasteiger partial charge on any atom is -0.497 e. The van der Waals surface area contributed by atoms with Crippen LogP contribution < -0.4 is 14.8 Å². The second-order valence-corrected chi connectivity index (χ2v) is 8.03. The molecule has 29 heavy (non-hydrogen) atoms. The number of carbonyl (C=O) groups excluding carboxylic acids is 1. The van der Waals surface area contributed by atoms with Gasteiger partial charge >= 0.3 is 0 Å². The molecule has 2 aromatic carbocycles. The molecule has 0 fully saturated rings. The van der Waals surface area contributed by atoms with Crippen molar-refractivity contribution in [3.63, 3.8) is 0 Å². The number of hydrogen-bond acceptors (Lipinski definition) is 6. The Morgan fingerprint density at radius 2 is 1.79 bits per heavy atom. The molecule has 9 heteroatoms. The maximum absolute atomic E-state index is 12.4. The summed E-state index contributed by atoms with van der Waals surface area (Å²) in [6.07, 6.45) is 0.892.